The second kappa shape index (κ2) is 8.37. The van der Waals surface area contributed by atoms with Crippen molar-refractivity contribution in [2.24, 2.45) is 5.41 Å². The van der Waals surface area contributed by atoms with Crippen molar-refractivity contribution >= 4 is 34.7 Å². The van der Waals surface area contributed by atoms with Crippen molar-refractivity contribution in [3.05, 3.63) is 89.6 Å². The van der Waals surface area contributed by atoms with Crippen molar-refractivity contribution in [1.82, 2.24) is 19.5 Å². The van der Waals surface area contributed by atoms with E-state index in [1.807, 2.05) is 0 Å². The van der Waals surface area contributed by atoms with E-state index in [2.05, 4.69) is 21.0 Å². The Hall–Kier alpha value is -4.33. The fraction of sp³-hybridized carbons (Fsp3) is 0.231. The van der Waals surface area contributed by atoms with Crippen molar-refractivity contribution in [1.29, 1.82) is 5.26 Å². The standard InChI is InChI=1S/C26H18ClN5O5/c1-25(12-28)24(32-14-31-17-20(27)29-13-30-21(17)32)36-19-18(35-22(33)15-8-4-2-5-9-15)26(19,25)37-23(34)16-10-6-3-7-11-16/h2-11,13-14,18-19,24H,1H3/t18?,19-,24-,25+,26-/m1/s1. The maximum atomic E-state index is 13.2. The lowest BCUT2D eigenvalue weighted by atomic mass is 9.81. The lowest BCUT2D eigenvalue weighted by Gasteiger charge is -2.33. The Kier molecular flexibility index (Phi) is 5.22. The normalized spacial score (nSPS) is 27.8. The number of ether oxygens (including phenoxy) is 3. The molecule has 1 unspecified atom stereocenters. The molecular weight excluding hydrogens is 498 g/mol. The number of rotatable bonds is 5. The Balaban J connectivity index is 1.40. The molecular formula is C26H18ClN5O5. The molecule has 4 aromatic rings. The van der Waals surface area contributed by atoms with Gasteiger partial charge in [0.25, 0.3) is 0 Å². The van der Waals surface area contributed by atoms with E-state index < -0.39 is 41.4 Å². The zero-order valence-electron chi connectivity index (χ0n) is 19.3. The highest BCUT2D eigenvalue weighted by Gasteiger charge is 2.88. The van der Waals surface area contributed by atoms with Gasteiger partial charge in [-0.2, -0.15) is 5.26 Å². The number of fused-ring (bicyclic) bond motifs is 2. The summed E-state index contributed by atoms with van der Waals surface area (Å²) in [6.07, 6.45) is -0.182. The van der Waals surface area contributed by atoms with Gasteiger partial charge < -0.3 is 14.2 Å². The molecule has 2 aromatic carbocycles. The highest BCUT2D eigenvalue weighted by molar-refractivity contribution is 6.33. The molecule has 1 aliphatic carbocycles. The summed E-state index contributed by atoms with van der Waals surface area (Å²) in [5.41, 5.74) is -1.82. The summed E-state index contributed by atoms with van der Waals surface area (Å²) in [5, 5.41) is 10.6. The topological polar surface area (TPSA) is 129 Å². The average molecular weight is 516 g/mol. The van der Waals surface area contributed by atoms with E-state index in [1.54, 1.807) is 72.2 Å². The molecule has 3 heterocycles. The summed E-state index contributed by atoms with van der Waals surface area (Å²) in [5.74, 6) is -1.29. The van der Waals surface area contributed by atoms with Crippen LogP contribution in [0.2, 0.25) is 5.15 Å². The van der Waals surface area contributed by atoms with Gasteiger partial charge in [-0.25, -0.2) is 24.5 Å². The number of esters is 2. The second-order valence-electron chi connectivity index (χ2n) is 8.95. The van der Waals surface area contributed by atoms with E-state index in [-0.39, 0.29) is 10.7 Å². The molecule has 1 aliphatic heterocycles. The minimum absolute atomic E-state index is 0.144. The SMILES string of the molecule is C[C@]1(C#N)[C@H](n2cnc3c(Cl)ncnc32)O[C@@H]2C(OC(=O)c3ccccc3)[C@@]21OC(=O)c1ccccc1. The lowest BCUT2D eigenvalue weighted by molar-refractivity contribution is -0.0843. The van der Waals surface area contributed by atoms with Crippen molar-refractivity contribution in [3.8, 4) is 6.07 Å². The van der Waals surface area contributed by atoms with Crippen molar-refractivity contribution < 1.29 is 23.8 Å². The molecule has 1 saturated carbocycles. The van der Waals surface area contributed by atoms with E-state index >= 15 is 0 Å². The fourth-order valence-corrected chi connectivity index (χ4v) is 5.11. The number of imidazole rings is 1. The monoisotopic (exact) mass is 515 g/mol. The molecule has 1 saturated heterocycles. The second-order valence-corrected chi connectivity index (χ2v) is 9.31. The molecule has 2 fully saturated rings. The van der Waals surface area contributed by atoms with Gasteiger partial charge in [0.1, 0.15) is 23.4 Å². The number of carbonyl (C=O) groups excluding carboxylic acids is 2. The number of halogens is 1. The van der Waals surface area contributed by atoms with Gasteiger partial charge in [0.05, 0.1) is 23.5 Å². The van der Waals surface area contributed by atoms with E-state index in [4.69, 9.17) is 25.8 Å². The van der Waals surface area contributed by atoms with Gasteiger partial charge in [0, 0.05) is 0 Å². The molecule has 0 N–H and O–H groups in total. The van der Waals surface area contributed by atoms with Crippen LogP contribution in [0.5, 0.6) is 0 Å². The van der Waals surface area contributed by atoms with Crippen LogP contribution >= 0.6 is 11.6 Å². The van der Waals surface area contributed by atoms with Crippen LogP contribution in [0.25, 0.3) is 11.2 Å². The Labute approximate surface area is 215 Å². The number of nitrogens with zero attached hydrogens (tertiary/aromatic N) is 5. The molecule has 11 heteroatoms. The van der Waals surface area contributed by atoms with Gasteiger partial charge >= 0.3 is 11.9 Å². The molecule has 2 aromatic heterocycles. The maximum Gasteiger partial charge on any atom is 0.338 e. The first-order chi connectivity index (χ1) is 17.9. The Morgan fingerprint density at radius 1 is 1.03 bits per heavy atom. The van der Waals surface area contributed by atoms with Crippen LogP contribution in [-0.4, -0.2) is 49.3 Å². The van der Waals surface area contributed by atoms with Gasteiger partial charge in [0.2, 0.25) is 5.60 Å². The van der Waals surface area contributed by atoms with Crippen LogP contribution in [0.3, 0.4) is 0 Å². The Morgan fingerprint density at radius 3 is 2.32 bits per heavy atom. The lowest BCUT2D eigenvalue weighted by Crippen LogP contribution is -2.45. The van der Waals surface area contributed by atoms with Crippen LogP contribution in [0.4, 0.5) is 0 Å². The van der Waals surface area contributed by atoms with Crippen LogP contribution in [0.1, 0.15) is 33.9 Å². The Morgan fingerprint density at radius 2 is 1.68 bits per heavy atom. The summed E-state index contributed by atoms with van der Waals surface area (Å²) >= 11 is 6.16. The molecule has 37 heavy (non-hydrogen) atoms. The number of carbonyl (C=O) groups is 2. The fourth-order valence-electron chi connectivity index (χ4n) is 4.93. The third kappa shape index (κ3) is 3.32. The molecule has 0 radical (unpaired) electrons. The summed E-state index contributed by atoms with van der Waals surface area (Å²) < 4.78 is 19.6. The predicted octanol–water partition coefficient (Wildman–Crippen LogP) is 3.74. The molecule has 0 bridgehead atoms. The Bertz CT molecular complexity index is 1570. The molecule has 0 spiro atoms. The largest absolute Gasteiger partial charge is 0.451 e. The number of benzene rings is 2. The average Bonchev–Trinajstić information content (AvgIpc) is 3.20. The highest BCUT2D eigenvalue weighted by Crippen LogP contribution is 2.67. The molecule has 10 nitrogen and oxygen atoms in total. The third-order valence-electron chi connectivity index (χ3n) is 6.91. The molecule has 184 valence electrons. The van der Waals surface area contributed by atoms with Gasteiger partial charge in [0.15, 0.2) is 23.1 Å². The van der Waals surface area contributed by atoms with Crippen molar-refractivity contribution in [2.75, 3.05) is 0 Å². The van der Waals surface area contributed by atoms with Gasteiger partial charge in [-0.1, -0.05) is 48.0 Å². The molecule has 0 amide bonds. The van der Waals surface area contributed by atoms with Crippen LogP contribution in [-0.2, 0) is 14.2 Å². The van der Waals surface area contributed by atoms with E-state index in [9.17, 15) is 14.9 Å². The van der Waals surface area contributed by atoms with E-state index in [0.717, 1.165) is 0 Å². The summed E-state index contributed by atoms with van der Waals surface area (Å²) in [4.78, 5) is 38.5. The number of hydrogen-bond acceptors (Lipinski definition) is 9. The zero-order valence-corrected chi connectivity index (χ0v) is 20.1. The highest BCUT2D eigenvalue weighted by atomic mass is 35.5. The number of aromatic nitrogens is 4. The summed E-state index contributed by atoms with van der Waals surface area (Å²) in [6.45, 7) is 1.60. The third-order valence-corrected chi connectivity index (χ3v) is 7.18. The minimum atomic E-state index is -1.59. The predicted molar refractivity (Wildman–Crippen MR) is 128 cm³/mol. The minimum Gasteiger partial charge on any atom is -0.451 e. The summed E-state index contributed by atoms with van der Waals surface area (Å²) in [6, 6.07) is 19.0. The van der Waals surface area contributed by atoms with E-state index in [0.29, 0.717) is 16.7 Å². The van der Waals surface area contributed by atoms with Gasteiger partial charge in [-0.3, -0.25) is 4.57 Å². The maximum absolute atomic E-state index is 13.2. The molecule has 5 atom stereocenters. The smallest absolute Gasteiger partial charge is 0.338 e. The van der Waals surface area contributed by atoms with Crippen molar-refractivity contribution in [3.63, 3.8) is 0 Å². The molecule has 6 rings (SSSR count). The van der Waals surface area contributed by atoms with Crippen LogP contribution in [0, 0.1) is 16.7 Å². The molecule has 2 aliphatic rings. The van der Waals surface area contributed by atoms with E-state index in [1.165, 1.54) is 12.7 Å². The van der Waals surface area contributed by atoms with Crippen LogP contribution < -0.4 is 0 Å². The van der Waals surface area contributed by atoms with Gasteiger partial charge in [-0.05, 0) is 31.2 Å². The number of nitriles is 1. The quantitative estimate of drug-likeness (QED) is 0.288. The van der Waals surface area contributed by atoms with Gasteiger partial charge in [-0.15, -0.1) is 0 Å². The number of hydrogen-bond donors (Lipinski definition) is 0. The summed E-state index contributed by atoms with van der Waals surface area (Å²) in [7, 11) is 0. The van der Waals surface area contributed by atoms with Crippen molar-refractivity contribution in [2.45, 2.75) is 31.0 Å². The zero-order chi connectivity index (χ0) is 25.8. The first-order valence-corrected chi connectivity index (χ1v) is 11.7. The first-order valence-electron chi connectivity index (χ1n) is 11.3. The first kappa shape index (κ1) is 23.1. The van der Waals surface area contributed by atoms with Crippen LogP contribution in [0.15, 0.2) is 73.3 Å².